The highest BCUT2D eigenvalue weighted by atomic mass is 35.5. The molecule has 1 aromatic heterocycles. The Balaban J connectivity index is 2.43. The van der Waals surface area contributed by atoms with Crippen molar-refractivity contribution >= 4 is 22.5 Å². The summed E-state index contributed by atoms with van der Waals surface area (Å²) in [4.78, 5) is 16.1. The minimum absolute atomic E-state index is 0.00467. The number of rotatable bonds is 1. The Labute approximate surface area is 127 Å². The standard InChI is InChI=1S/C15H8ClF3N2O/c16-9-5-7-10(8-6-9)21-13(22)11-3-1-2-4-12(11)20-14(21)15(17,18)19/h1-8H. The molecule has 0 amide bonds. The molecule has 0 unspecified atom stereocenters. The summed E-state index contributed by atoms with van der Waals surface area (Å²) >= 11 is 5.74. The SMILES string of the molecule is O=c1c2ccccc2nc(C(F)(F)F)n1-c1ccc(Cl)cc1. The van der Waals surface area contributed by atoms with E-state index in [0.717, 1.165) is 0 Å². The van der Waals surface area contributed by atoms with Crippen molar-refractivity contribution in [2.45, 2.75) is 6.18 Å². The van der Waals surface area contributed by atoms with E-state index in [1.54, 1.807) is 6.07 Å². The fourth-order valence-corrected chi connectivity index (χ4v) is 2.28. The quantitative estimate of drug-likeness (QED) is 0.676. The van der Waals surface area contributed by atoms with Crippen LogP contribution in [-0.2, 0) is 6.18 Å². The van der Waals surface area contributed by atoms with Gasteiger partial charge >= 0.3 is 6.18 Å². The average Bonchev–Trinajstić information content (AvgIpc) is 2.47. The van der Waals surface area contributed by atoms with Gasteiger partial charge in [-0.25, -0.2) is 4.98 Å². The lowest BCUT2D eigenvalue weighted by Crippen LogP contribution is -2.28. The van der Waals surface area contributed by atoms with Gasteiger partial charge in [-0.05, 0) is 36.4 Å². The Kier molecular flexibility index (Phi) is 3.41. The first-order chi connectivity index (χ1) is 10.4. The van der Waals surface area contributed by atoms with Gasteiger partial charge in [0.1, 0.15) is 0 Å². The van der Waals surface area contributed by atoms with Crippen LogP contribution in [0.25, 0.3) is 16.6 Å². The molecule has 0 fully saturated rings. The Bertz CT molecular complexity index is 901. The van der Waals surface area contributed by atoms with Gasteiger partial charge in [0, 0.05) is 5.02 Å². The van der Waals surface area contributed by atoms with Crippen molar-refractivity contribution in [2.24, 2.45) is 0 Å². The molecule has 0 saturated carbocycles. The van der Waals surface area contributed by atoms with Crippen LogP contribution in [0.4, 0.5) is 13.2 Å². The molecule has 0 radical (unpaired) electrons. The van der Waals surface area contributed by atoms with Gasteiger partial charge in [0.15, 0.2) is 0 Å². The van der Waals surface area contributed by atoms with Gasteiger partial charge in [0.05, 0.1) is 16.6 Å². The maximum absolute atomic E-state index is 13.3. The van der Waals surface area contributed by atoms with E-state index in [-0.39, 0.29) is 16.6 Å². The van der Waals surface area contributed by atoms with Gasteiger partial charge in [-0.15, -0.1) is 0 Å². The molecule has 112 valence electrons. The summed E-state index contributed by atoms with van der Waals surface area (Å²) in [5.74, 6) is -1.27. The summed E-state index contributed by atoms with van der Waals surface area (Å²) in [6.07, 6.45) is -4.76. The molecule has 2 aromatic carbocycles. The van der Waals surface area contributed by atoms with Gasteiger partial charge in [0.25, 0.3) is 5.56 Å². The van der Waals surface area contributed by atoms with Gasteiger partial charge in [0.2, 0.25) is 5.82 Å². The minimum Gasteiger partial charge on any atom is -0.268 e. The van der Waals surface area contributed by atoms with Crippen LogP contribution in [0, 0.1) is 0 Å². The fourth-order valence-electron chi connectivity index (χ4n) is 2.15. The van der Waals surface area contributed by atoms with Crippen LogP contribution in [0.1, 0.15) is 5.82 Å². The molecule has 3 nitrogen and oxygen atoms in total. The molecular formula is C15H8ClF3N2O. The van der Waals surface area contributed by atoms with Crippen molar-refractivity contribution in [1.82, 2.24) is 9.55 Å². The molecule has 22 heavy (non-hydrogen) atoms. The molecule has 0 N–H and O–H groups in total. The highest BCUT2D eigenvalue weighted by Crippen LogP contribution is 2.29. The Hall–Kier alpha value is -2.34. The Morgan fingerprint density at radius 2 is 1.64 bits per heavy atom. The first kappa shape index (κ1) is 14.6. The summed E-state index contributed by atoms with van der Waals surface area (Å²) in [7, 11) is 0. The predicted octanol–water partition coefficient (Wildman–Crippen LogP) is 4.06. The van der Waals surface area contributed by atoms with E-state index in [1.807, 2.05) is 0 Å². The second kappa shape index (κ2) is 5.14. The molecule has 1 heterocycles. The number of aromatic nitrogens is 2. The van der Waals surface area contributed by atoms with Crippen LogP contribution >= 0.6 is 11.6 Å². The van der Waals surface area contributed by atoms with Gasteiger partial charge < -0.3 is 0 Å². The van der Waals surface area contributed by atoms with Gasteiger partial charge in [-0.3, -0.25) is 9.36 Å². The maximum Gasteiger partial charge on any atom is 0.450 e. The number of hydrogen-bond acceptors (Lipinski definition) is 2. The normalized spacial score (nSPS) is 11.8. The van der Waals surface area contributed by atoms with E-state index in [1.165, 1.54) is 42.5 Å². The lowest BCUT2D eigenvalue weighted by Gasteiger charge is -2.15. The summed E-state index contributed by atoms with van der Waals surface area (Å²) in [5.41, 5.74) is -0.717. The zero-order chi connectivity index (χ0) is 15.9. The predicted molar refractivity (Wildman–Crippen MR) is 77.4 cm³/mol. The van der Waals surface area contributed by atoms with E-state index < -0.39 is 17.6 Å². The molecule has 0 bridgehead atoms. The average molecular weight is 325 g/mol. The summed E-state index contributed by atoms with van der Waals surface area (Å²) in [6, 6.07) is 11.4. The molecular weight excluding hydrogens is 317 g/mol. The molecule has 3 aromatic rings. The fraction of sp³-hybridized carbons (Fsp3) is 0.0667. The monoisotopic (exact) mass is 324 g/mol. The number of benzene rings is 2. The van der Waals surface area contributed by atoms with Crippen molar-refractivity contribution < 1.29 is 13.2 Å². The molecule has 0 atom stereocenters. The smallest absolute Gasteiger partial charge is 0.268 e. The summed E-state index contributed by atoms with van der Waals surface area (Å²) < 4.78 is 40.4. The minimum atomic E-state index is -4.76. The van der Waals surface area contributed by atoms with Gasteiger partial charge in [-0.1, -0.05) is 23.7 Å². The molecule has 3 rings (SSSR count). The van der Waals surface area contributed by atoms with Crippen LogP contribution < -0.4 is 5.56 Å². The first-order valence-electron chi connectivity index (χ1n) is 6.23. The zero-order valence-electron chi connectivity index (χ0n) is 10.9. The number of halogens is 4. The van der Waals surface area contributed by atoms with Crippen LogP contribution in [0.15, 0.2) is 53.3 Å². The number of hydrogen-bond donors (Lipinski definition) is 0. The zero-order valence-corrected chi connectivity index (χ0v) is 11.7. The third kappa shape index (κ3) is 2.46. The van der Waals surface area contributed by atoms with E-state index >= 15 is 0 Å². The first-order valence-corrected chi connectivity index (χ1v) is 6.60. The second-order valence-corrected chi connectivity index (χ2v) is 5.00. The number of alkyl halides is 3. The largest absolute Gasteiger partial charge is 0.450 e. The number of fused-ring (bicyclic) bond motifs is 1. The second-order valence-electron chi connectivity index (χ2n) is 4.57. The van der Waals surface area contributed by atoms with Crippen LogP contribution in [0.2, 0.25) is 5.02 Å². The molecule has 0 aliphatic heterocycles. The summed E-state index contributed by atoms with van der Waals surface area (Å²) in [5, 5.41) is 0.476. The van der Waals surface area contributed by atoms with E-state index in [0.29, 0.717) is 9.59 Å². The third-order valence-electron chi connectivity index (χ3n) is 3.11. The molecule has 0 spiro atoms. The highest BCUT2D eigenvalue weighted by Gasteiger charge is 2.37. The number of para-hydroxylation sites is 1. The molecule has 7 heteroatoms. The molecule has 0 aliphatic rings. The van der Waals surface area contributed by atoms with Crippen LogP contribution in [0.3, 0.4) is 0 Å². The van der Waals surface area contributed by atoms with E-state index in [4.69, 9.17) is 11.6 Å². The lowest BCUT2D eigenvalue weighted by atomic mass is 10.2. The Morgan fingerprint density at radius 3 is 2.27 bits per heavy atom. The summed E-state index contributed by atoms with van der Waals surface area (Å²) in [6.45, 7) is 0. The topological polar surface area (TPSA) is 34.9 Å². The van der Waals surface area contributed by atoms with Crippen molar-refractivity contribution in [3.63, 3.8) is 0 Å². The van der Waals surface area contributed by atoms with E-state index in [2.05, 4.69) is 4.98 Å². The maximum atomic E-state index is 13.3. The Morgan fingerprint density at radius 1 is 1.00 bits per heavy atom. The molecule has 0 aliphatic carbocycles. The van der Waals surface area contributed by atoms with Gasteiger partial charge in [-0.2, -0.15) is 13.2 Å². The highest BCUT2D eigenvalue weighted by molar-refractivity contribution is 6.30. The lowest BCUT2D eigenvalue weighted by molar-refractivity contribution is -0.146. The van der Waals surface area contributed by atoms with Crippen LogP contribution in [0.5, 0.6) is 0 Å². The van der Waals surface area contributed by atoms with E-state index in [9.17, 15) is 18.0 Å². The number of nitrogens with zero attached hydrogens (tertiary/aromatic N) is 2. The van der Waals surface area contributed by atoms with Crippen molar-refractivity contribution in [3.8, 4) is 5.69 Å². The van der Waals surface area contributed by atoms with Crippen molar-refractivity contribution in [1.29, 1.82) is 0 Å². The third-order valence-corrected chi connectivity index (χ3v) is 3.37. The van der Waals surface area contributed by atoms with Crippen molar-refractivity contribution in [2.75, 3.05) is 0 Å². The van der Waals surface area contributed by atoms with Crippen LogP contribution in [-0.4, -0.2) is 9.55 Å². The molecule has 0 saturated heterocycles. The van der Waals surface area contributed by atoms with Crippen molar-refractivity contribution in [3.05, 3.63) is 69.7 Å².